The van der Waals surface area contributed by atoms with Gasteiger partial charge in [-0.2, -0.15) is 0 Å². The normalized spacial score (nSPS) is 15.5. The fourth-order valence-corrected chi connectivity index (χ4v) is 3.94. The van der Waals surface area contributed by atoms with Crippen molar-refractivity contribution in [2.45, 2.75) is 19.4 Å². The van der Waals surface area contributed by atoms with Gasteiger partial charge in [0, 0.05) is 29.2 Å². The minimum atomic E-state index is -0.311. The van der Waals surface area contributed by atoms with Gasteiger partial charge in [0.15, 0.2) is 5.82 Å². The van der Waals surface area contributed by atoms with E-state index in [1.807, 2.05) is 6.07 Å². The van der Waals surface area contributed by atoms with Gasteiger partial charge in [-0.05, 0) is 55.3 Å². The van der Waals surface area contributed by atoms with Crippen LogP contribution in [0, 0.1) is 5.82 Å². The van der Waals surface area contributed by atoms with Crippen molar-refractivity contribution in [2.24, 2.45) is 4.99 Å². The van der Waals surface area contributed by atoms with Crippen LogP contribution in [-0.2, 0) is 6.54 Å². The van der Waals surface area contributed by atoms with Crippen LogP contribution >= 0.6 is 11.6 Å². The number of hydrogen-bond acceptors (Lipinski definition) is 4. The van der Waals surface area contributed by atoms with E-state index in [0.29, 0.717) is 16.6 Å². The summed E-state index contributed by atoms with van der Waals surface area (Å²) in [7, 11) is 0. The van der Waals surface area contributed by atoms with Crippen molar-refractivity contribution >= 4 is 23.2 Å². The molecule has 0 spiro atoms. The maximum Gasteiger partial charge on any atom is 0.293 e. The Labute approximate surface area is 171 Å². The van der Waals surface area contributed by atoms with Crippen molar-refractivity contribution in [1.29, 1.82) is 0 Å². The van der Waals surface area contributed by atoms with Crippen LogP contribution in [-0.4, -0.2) is 44.4 Å². The summed E-state index contributed by atoms with van der Waals surface area (Å²) in [5, 5.41) is 5.06. The number of nitrogens with zero attached hydrogens (tertiary/aromatic N) is 5. The van der Waals surface area contributed by atoms with Crippen LogP contribution in [0.2, 0.25) is 5.02 Å². The first-order valence-electron chi connectivity index (χ1n) is 9.46. The Bertz CT molecular complexity index is 1130. The lowest BCUT2D eigenvalue weighted by molar-refractivity contribution is 0.0781. The fourth-order valence-electron chi connectivity index (χ4n) is 3.76. The molecule has 2 aromatic carbocycles. The molecule has 2 aliphatic rings. The summed E-state index contributed by atoms with van der Waals surface area (Å²) in [6.07, 6.45) is 2.01. The number of likely N-dealkylation sites (tertiary alicyclic amines) is 1. The van der Waals surface area contributed by atoms with Crippen LogP contribution in [0.15, 0.2) is 47.5 Å². The van der Waals surface area contributed by atoms with Crippen LogP contribution < -0.4 is 0 Å². The van der Waals surface area contributed by atoms with Crippen LogP contribution in [0.1, 0.15) is 40.4 Å². The summed E-state index contributed by atoms with van der Waals surface area (Å²) in [6, 6.07) is 11.6. The van der Waals surface area contributed by atoms with E-state index in [4.69, 9.17) is 16.6 Å². The third-order valence-electron chi connectivity index (χ3n) is 5.20. The molecule has 0 unspecified atom stereocenters. The van der Waals surface area contributed by atoms with Gasteiger partial charge in [-0.15, -0.1) is 5.10 Å². The SMILES string of the molecule is O=C(c1nc2n(n1)-c1ccc(Cl)cc1C(c1ccc(F)cc1)=NC2)N1CCCC1. The first-order valence-corrected chi connectivity index (χ1v) is 9.84. The molecule has 3 heterocycles. The number of benzene rings is 2. The third-order valence-corrected chi connectivity index (χ3v) is 5.43. The summed E-state index contributed by atoms with van der Waals surface area (Å²) in [5.41, 5.74) is 2.95. The summed E-state index contributed by atoms with van der Waals surface area (Å²) >= 11 is 6.26. The van der Waals surface area contributed by atoms with E-state index in [1.165, 1.54) is 12.1 Å². The van der Waals surface area contributed by atoms with Crippen LogP contribution in [0.5, 0.6) is 0 Å². The average molecular weight is 410 g/mol. The highest BCUT2D eigenvalue weighted by Crippen LogP contribution is 2.27. The molecule has 1 saturated heterocycles. The van der Waals surface area contributed by atoms with Crippen LogP contribution in [0.4, 0.5) is 4.39 Å². The van der Waals surface area contributed by atoms with Gasteiger partial charge >= 0.3 is 0 Å². The number of amides is 1. The second-order valence-electron chi connectivity index (χ2n) is 7.10. The Morgan fingerprint density at radius 2 is 1.83 bits per heavy atom. The second kappa shape index (κ2) is 7.08. The van der Waals surface area contributed by atoms with Gasteiger partial charge in [0.1, 0.15) is 5.82 Å². The summed E-state index contributed by atoms with van der Waals surface area (Å²) in [6.45, 7) is 1.73. The summed E-state index contributed by atoms with van der Waals surface area (Å²) < 4.78 is 15.0. The lowest BCUT2D eigenvalue weighted by Crippen LogP contribution is -2.28. The Balaban J connectivity index is 1.61. The molecule has 1 fully saturated rings. The van der Waals surface area contributed by atoms with E-state index in [1.54, 1.807) is 33.8 Å². The molecule has 6 nitrogen and oxygen atoms in total. The number of carbonyl (C=O) groups is 1. The largest absolute Gasteiger partial charge is 0.336 e. The first kappa shape index (κ1) is 18.0. The third kappa shape index (κ3) is 3.21. The number of carbonyl (C=O) groups excluding carboxylic acids is 1. The summed E-state index contributed by atoms with van der Waals surface area (Å²) in [4.78, 5) is 23.7. The second-order valence-corrected chi connectivity index (χ2v) is 7.53. The molecule has 8 heteroatoms. The van der Waals surface area contributed by atoms with Crippen molar-refractivity contribution < 1.29 is 9.18 Å². The molecule has 0 atom stereocenters. The molecule has 5 rings (SSSR count). The van der Waals surface area contributed by atoms with Gasteiger partial charge in [-0.3, -0.25) is 9.79 Å². The molecule has 3 aromatic rings. The van der Waals surface area contributed by atoms with E-state index in [0.717, 1.165) is 42.7 Å². The molecule has 29 heavy (non-hydrogen) atoms. The zero-order valence-corrected chi connectivity index (χ0v) is 16.2. The highest BCUT2D eigenvalue weighted by Gasteiger charge is 2.27. The number of fused-ring (bicyclic) bond motifs is 3. The average Bonchev–Trinajstić information content (AvgIpc) is 3.37. The molecule has 0 radical (unpaired) electrons. The number of aromatic nitrogens is 3. The van der Waals surface area contributed by atoms with Gasteiger partial charge in [0.2, 0.25) is 5.82 Å². The molecule has 0 saturated carbocycles. The maximum absolute atomic E-state index is 13.4. The Morgan fingerprint density at radius 1 is 1.07 bits per heavy atom. The molecule has 0 bridgehead atoms. The molecule has 1 aromatic heterocycles. The standard InChI is InChI=1S/C21H17ClFN5O/c22-14-5-8-17-16(11-14)19(13-3-6-15(23)7-4-13)24-12-18-25-20(26-28(17)18)21(29)27-9-1-2-10-27/h3-8,11H,1-2,9-10,12H2. The van der Waals surface area contributed by atoms with E-state index in [9.17, 15) is 9.18 Å². The lowest BCUT2D eigenvalue weighted by Gasteiger charge is -2.13. The molecule has 2 aliphatic heterocycles. The van der Waals surface area contributed by atoms with E-state index in [-0.39, 0.29) is 24.1 Å². The minimum absolute atomic E-state index is 0.152. The van der Waals surface area contributed by atoms with Crippen molar-refractivity contribution in [3.8, 4) is 5.69 Å². The molecule has 0 N–H and O–H groups in total. The van der Waals surface area contributed by atoms with Crippen molar-refractivity contribution in [3.05, 3.63) is 76.1 Å². The molecule has 0 aliphatic carbocycles. The van der Waals surface area contributed by atoms with Crippen LogP contribution in [0.3, 0.4) is 0 Å². The van der Waals surface area contributed by atoms with Crippen LogP contribution in [0.25, 0.3) is 5.69 Å². The smallest absolute Gasteiger partial charge is 0.293 e. The molecular formula is C21H17ClFN5O. The lowest BCUT2D eigenvalue weighted by atomic mass is 10.0. The van der Waals surface area contributed by atoms with Gasteiger partial charge in [-0.1, -0.05) is 11.6 Å². The Hall–Kier alpha value is -3.06. The Morgan fingerprint density at radius 3 is 2.59 bits per heavy atom. The number of halogens is 2. The van der Waals surface area contributed by atoms with Gasteiger partial charge < -0.3 is 4.90 Å². The molecule has 1 amide bonds. The maximum atomic E-state index is 13.4. The monoisotopic (exact) mass is 409 g/mol. The zero-order chi connectivity index (χ0) is 20.0. The molecular weight excluding hydrogens is 393 g/mol. The van der Waals surface area contributed by atoms with Crippen molar-refractivity contribution in [2.75, 3.05) is 13.1 Å². The van der Waals surface area contributed by atoms with Crippen molar-refractivity contribution in [3.63, 3.8) is 0 Å². The predicted octanol–water partition coefficient (Wildman–Crippen LogP) is 3.65. The number of rotatable bonds is 2. The van der Waals surface area contributed by atoms with Gasteiger partial charge in [-0.25, -0.2) is 14.1 Å². The topological polar surface area (TPSA) is 63.4 Å². The number of aliphatic imine (C=N–C) groups is 1. The van der Waals surface area contributed by atoms with Crippen molar-refractivity contribution in [1.82, 2.24) is 19.7 Å². The zero-order valence-electron chi connectivity index (χ0n) is 15.5. The molecule has 146 valence electrons. The number of hydrogen-bond donors (Lipinski definition) is 0. The van der Waals surface area contributed by atoms with E-state index < -0.39 is 0 Å². The first-order chi connectivity index (χ1) is 14.1. The quantitative estimate of drug-likeness (QED) is 0.649. The summed E-state index contributed by atoms with van der Waals surface area (Å²) in [5.74, 6) is 0.298. The van der Waals surface area contributed by atoms with E-state index >= 15 is 0 Å². The van der Waals surface area contributed by atoms with E-state index in [2.05, 4.69) is 10.1 Å². The minimum Gasteiger partial charge on any atom is -0.336 e. The predicted molar refractivity (Wildman–Crippen MR) is 107 cm³/mol. The highest BCUT2D eigenvalue weighted by atomic mass is 35.5. The highest BCUT2D eigenvalue weighted by molar-refractivity contribution is 6.31. The van der Waals surface area contributed by atoms with Gasteiger partial charge in [0.05, 0.1) is 17.9 Å². The Kier molecular flexibility index (Phi) is 4.39. The fraction of sp³-hybridized carbons (Fsp3) is 0.238. The van der Waals surface area contributed by atoms with Gasteiger partial charge in [0.25, 0.3) is 5.91 Å².